The molecule has 1 aliphatic heterocycles. The van der Waals surface area contributed by atoms with Crippen LogP contribution >= 0.6 is 11.3 Å². The summed E-state index contributed by atoms with van der Waals surface area (Å²) in [4.78, 5) is 27.2. The van der Waals surface area contributed by atoms with E-state index in [4.69, 9.17) is 4.74 Å². The smallest absolute Gasteiger partial charge is 0.233 e. The highest BCUT2D eigenvalue weighted by molar-refractivity contribution is 7.13. The topological polar surface area (TPSA) is 68.2 Å². The molecule has 24 heavy (non-hydrogen) atoms. The molecule has 0 radical (unpaired) electrons. The molecule has 4 rings (SSSR count). The number of carbonyl (C=O) groups is 1. The normalized spacial score (nSPS) is 13.2. The van der Waals surface area contributed by atoms with Crippen molar-refractivity contribution in [1.29, 1.82) is 0 Å². The summed E-state index contributed by atoms with van der Waals surface area (Å²) in [5.41, 5.74) is 2.28. The van der Waals surface area contributed by atoms with Crippen LogP contribution in [0.25, 0.3) is 10.7 Å². The lowest BCUT2D eigenvalue weighted by Gasteiger charge is -2.29. The van der Waals surface area contributed by atoms with Crippen molar-refractivity contribution in [2.75, 3.05) is 18.1 Å². The summed E-state index contributed by atoms with van der Waals surface area (Å²) in [6.45, 7) is 1.06. The van der Waals surface area contributed by atoms with Crippen LogP contribution in [-0.2, 0) is 11.2 Å². The van der Waals surface area contributed by atoms with Crippen molar-refractivity contribution in [3.8, 4) is 16.5 Å². The largest absolute Gasteiger partial charge is 0.490 e. The molecular formula is C17H14N4O2S. The van der Waals surface area contributed by atoms with Crippen molar-refractivity contribution in [3.05, 3.63) is 53.9 Å². The fourth-order valence-electron chi connectivity index (χ4n) is 2.59. The van der Waals surface area contributed by atoms with Crippen molar-refractivity contribution < 1.29 is 9.53 Å². The average Bonchev–Trinajstić information content (AvgIpc) is 3.10. The molecule has 0 atom stereocenters. The van der Waals surface area contributed by atoms with Crippen LogP contribution in [-0.4, -0.2) is 34.0 Å². The molecule has 0 saturated carbocycles. The van der Waals surface area contributed by atoms with E-state index in [9.17, 15) is 4.79 Å². The van der Waals surface area contributed by atoms with E-state index in [1.54, 1.807) is 23.5 Å². The van der Waals surface area contributed by atoms with E-state index in [0.29, 0.717) is 13.2 Å². The molecular weight excluding hydrogens is 324 g/mol. The fraction of sp³-hybridized carbons (Fsp3) is 0.176. The molecule has 1 amide bonds. The number of aromatic nitrogens is 3. The molecule has 0 saturated heterocycles. The molecule has 0 aliphatic carbocycles. The maximum Gasteiger partial charge on any atom is 0.233 e. The van der Waals surface area contributed by atoms with Gasteiger partial charge in [0.15, 0.2) is 0 Å². The number of ether oxygens (including phenoxy) is 1. The van der Waals surface area contributed by atoms with Crippen molar-refractivity contribution in [3.63, 3.8) is 0 Å². The Morgan fingerprint density at radius 1 is 1.29 bits per heavy atom. The number of nitrogens with zero attached hydrogens (tertiary/aromatic N) is 4. The number of para-hydroxylation sites is 2. The summed E-state index contributed by atoms with van der Waals surface area (Å²) in [6.07, 6.45) is 5.18. The first-order valence-corrected chi connectivity index (χ1v) is 8.42. The third kappa shape index (κ3) is 2.85. The standard InChI is InChI=1S/C17H14N4O2S/c22-16(21-7-8-23-15-4-2-1-3-14(15)21)9-12-11-24-17(20-12)13-10-18-5-6-19-13/h1-6,10-11H,7-9H2. The number of fused-ring (bicyclic) bond motifs is 1. The summed E-state index contributed by atoms with van der Waals surface area (Å²) >= 11 is 1.47. The first-order chi connectivity index (χ1) is 11.8. The zero-order chi connectivity index (χ0) is 16.4. The average molecular weight is 338 g/mol. The second-order valence-corrected chi connectivity index (χ2v) is 6.13. The van der Waals surface area contributed by atoms with Gasteiger partial charge in [0.05, 0.1) is 30.5 Å². The number of rotatable bonds is 3. The molecule has 1 aliphatic rings. The molecule has 120 valence electrons. The van der Waals surface area contributed by atoms with Crippen LogP contribution in [0.15, 0.2) is 48.2 Å². The van der Waals surface area contributed by atoms with E-state index in [-0.39, 0.29) is 12.3 Å². The number of amides is 1. The summed E-state index contributed by atoms with van der Waals surface area (Å²) in [6, 6.07) is 7.59. The van der Waals surface area contributed by atoms with E-state index in [0.717, 1.165) is 27.8 Å². The van der Waals surface area contributed by atoms with Crippen LogP contribution in [0.3, 0.4) is 0 Å². The van der Waals surface area contributed by atoms with Crippen LogP contribution in [0, 0.1) is 0 Å². The lowest BCUT2D eigenvalue weighted by Crippen LogP contribution is -2.38. The Morgan fingerprint density at radius 2 is 2.21 bits per heavy atom. The van der Waals surface area contributed by atoms with Crippen molar-refractivity contribution in [2.24, 2.45) is 0 Å². The van der Waals surface area contributed by atoms with Crippen LogP contribution in [0.5, 0.6) is 5.75 Å². The SMILES string of the molecule is O=C(Cc1csc(-c2cnccn2)n1)N1CCOc2ccccc21. The summed E-state index contributed by atoms with van der Waals surface area (Å²) < 4.78 is 5.59. The molecule has 1 aromatic carbocycles. The highest BCUT2D eigenvalue weighted by Crippen LogP contribution is 2.31. The number of hydrogen-bond donors (Lipinski definition) is 0. The molecule has 7 heteroatoms. The Hall–Kier alpha value is -2.80. The van der Waals surface area contributed by atoms with E-state index in [1.807, 2.05) is 29.6 Å². The molecule has 3 heterocycles. The Kier molecular flexibility index (Phi) is 3.92. The van der Waals surface area contributed by atoms with Gasteiger partial charge < -0.3 is 9.64 Å². The monoisotopic (exact) mass is 338 g/mol. The van der Waals surface area contributed by atoms with Crippen molar-refractivity contribution in [2.45, 2.75) is 6.42 Å². The lowest BCUT2D eigenvalue weighted by atomic mass is 10.2. The quantitative estimate of drug-likeness (QED) is 0.734. The van der Waals surface area contributed by atoms with Gasteiger partial charge in [0.1, 0.15) is 23.1 Å². The summed E-state index contributed by atoms with van der Waals surface area (Å²) in [5, 5.41) is 2.67. The first-order valence-electron chi connectivity index (χ1n) is 7.54. The summed E-state index contributed by atoms with van der Waals surface area (Å²) in [5.74, 6) is 0.761. The van der Waals surface area contributed by atoms with Gasteiger partial charge >= 0.3 is 0 Å². The van der Waals surface area contributed by atoms with Gasteiger partial charge in [-0.15, -0.1) is 11.3 Å². The van der Waals surface area contributed by atoms with Gasteiger partial charge in [-0.1, -0.05) is 12.1 Å². The van der Waals surface area contributed by atoms with E-state index in [2.05, 4.69) is 15.0 Å². The van der Waals surface area contributed by atoms with Crippen molar-refractivity contribution >= 4 is 22.9 Å². The molecule has 0 unspecified atom stereocenters. The number of benzene rings is 1. The van der Waals surface area contributed by atoms with Crippen LogP contribution in [0.4, 0.5) is 5.69 Å². The zero-order valence-corrected chi connectivity index (χ0v) is 13.6. The molecule has 2 aromatic heterocycles. The van der Waals surface area contributed by atoms with Gasteiger partial charge in [-0.05, 0) is 12.1 Å². The second kappa shape index (κ2) is 6.37. The molecule has 0 spiro atoms. The summed E-state index contributed by atoms with van der Waals surface area (Å²) in [7, 11) is 0. The van der Waals surface area contributed by atoms with Crippen LogP contribution in [0.1, 0.15) is 5.69 Å². The Balaban J connectivity index is 1.53. The maximum atomic E-state index is 12.7. The number of carbonyl (C=O) groups excluding carboxylic acids is 1. The van der Waals surface area contributed by atoms with E-state index < -0.39 is 0 Å². The van der Waals surface area contributed by atoms with Gasteiger partial charge in [-0.25, -0.2) is 4.98 Å². The molecule has 0 fully saturated rings. The minimum absolute atomic E-state index is 0.0155. The predicted octanol–water partition coefficient (Wildman–Crippen LogP) is 2.57. The van der Waals surface area contributed by atoms with Gasteiger partial charge in [0, 0.05) is 17.8 Å². The molecule has 0 bridgehead atoms. The van der Waals surface area contributed by atoms with Crippen molar-refractivity contribution in [1.82, 2.24) is 15.0 Å². The van der Waals surface area contributed by atoms with Gasteiger partial charge in [-0.2, -0.15) is 0 Å². The third-order valence-electron chi connectivity index (χ3n) is 3.70. The number of thiazole rings is 1. The van der Waals surface area contributed by atoms with Gasteiger partial charge in [0.2, 0.25) is 5.91 Å². The fourth-order valence-corrected chi connectivity index (χ4v) is 3.37. The van der Waals surface area contributed by atoms with Gasteiger partial charge in [0.25, 0.3) is 0 Å². The minimum Gasteiger partial charge on any atom is -0.490 e. The second-order valence-electron chi connectivity index (χ2n) is 5.27. The van der Waals surface area contributed by atoms with Crippen LogP contribution in [0.2, 0.25) is 0 Å². The molecule has 6 nitrogen and oxygen atoms in total. The Morgan fingerprint density at radius 3 is 3.08 bits per heavy atom. The molecule has 3 aromatic rings. The van der Waals surface area contributed by atoms with E-state index >= 15 is 0 Å². The number of hydrogen-bond acceptors (Lipinski definition) is 6. The highest BCUT2D eigenvalue weighted by atomic mass is 32.1. The third-order valence-corrected chi connectivity index (χ3v) is 4.61. The van der Waals surface area contributed by atoms with Crippen LogP contribution < -0.4 is 9.64 Å². The van der Waals surface area contributed by atoms with E-state index in [1.165, 1.54) is 11.3 Å². The molecule has 0 N–H and O–H groups in total. The zero-order valence-electron chi connectivity index (χ0n) is 12.8. The van der Waals surface area contributed by atoms with Gasteiger partial charge in [-0.3, -0.25) is 14.8 Å². The Labute approximate surface area is 142 Å². The highest BCUT2D eigenvalue weighted by Gasteiger charge is 2.24. The minimum atomic E-state index is 0.0155. The Bertz CT molecular complexity index is 866. The maximum absolute atomic E-state index is 12.7. The lowest BCUT2D eigenvalue weighted by molar-refractivity contribution is -0.118. The predicted molar refractivity (Wildman–Crippen MR) is 91.1 cm³/mol. The first kappa shape index (κ1) is 14.8. The number of anilines is 1.